The van der Waals surface area contributed by atoms with Crippen LogP contribution in [0.3, 0.4) is 0 Å². The molecule has 0 aliphatic heterocycles. The van der Waals surface area contributed by atoms with Gasteiger partial charge in [0.1, 0.15) is 0 Å². The quantitative estimate of drug-likeness (QED) is 0.252. The first kappa shape index (κ1) is 24.2. The Hall–Kier alpha value is -3.98. The molecule has 3 aromatic carbocycles. The topological polar surface area (TPSA) is 92.0 Å². The summed E-state index contributed by atoms with van der Waals surface area (Å²) in [4.78, 5) is 29.8. The van der Waals surface area contributed by atoms with Crippen LogP contribution in [0.15, 0.2) is 81.1 Å². The van der Waals surface area contributed by atoms with E-state index in [2.05, 4.69) is 21.0 Å². The van der Waals surface area contributed by atoms with Crippen molar-refractivity contribution < 1.29 is 19.0 Å². The molecule has 0 N–H and O–H groups in total. The fourth-order valence-corrected chi connectivity index (χ4v) is 3.86. The number of carbonyl (C=O) groups is 1. The minimum absolute atomic E-state index is 0.291. The van der Waals surface area contributed by atoms with Gasteiger partial charge in [0.25, 0.3) is 5.56 Å². The van der Waals surface area contributed by atoms with E-state index < -0.39 is 12.1 Å². The Balaban J connectivity index is 1.79. The summed E-state index contributed by atoms with van der Waals surface area (Å²) in [6, 6.07) is 19.9. The van der Waals surface area contributed by atoms with Gasteiger partial charge in [-0.15, -0.1) is 0 Å². The summed E-state index contributed by atoms with van der Waals surface area (Å²) < 4.78 is 17.7. The number of esters is 1. The van der Waals surface area contributed by atoms with Crippen LogP contribution < -0.4 is 15.0 Å². The minimum atomic E-state index is -0.823. The zero-order valence-corrected chi connectivity index (χ0v) is 20.9. The summed E-state index contributed by atoms with van der Waals surface area (Å²) in [5.41, 5.74) is 1.68. The number of benzene rings is 3. The molecule has 0 radical (unpaired) electrons. The zero-order chi connectivity index (χ0) is 24.9. The third kappa shape index (κ3) is 5.09. The van der Waals surface area contributed by atoms with Crippen molar-refractivity contribution in [1.82, 2.24) is 9.66 Å². The van der Waals surface area contributed by atoms with E-state index in [1.165, 1.54) is 25.1 Å². The molecule has 1 atom stereocenters. The molecule has 4 rings (SSSR count). The maximum Gasteiger partial charge on any atom is 0.346 e. The number of hydrogen-bond donors (Lipinski definition) is 0. The molecule has 178 valence electrons. The first-order valence-electron chi connectivity index (χ1n) is 10.7. The highest BCUT2D eigenvalue weighted by Gasteiger charge is 2.19. The average Bonchev–Trinajstić information content (AvgIpc) is 2.89. The van der Waals surface area contributed by atoms with Gasteiger partial charge in [0.15, 0.2) is 23.4 Å². The predicted octanol–water partition coefficient (Wildman–Crippen LogP) is 4.66. The van der Waals surface area contributed by atoms with Crippen molar-refractivity contribution in [2.24, 2.45) is 5.10 Å². The number of rotatable bonds is 7. The third-order valence-electron chi connectivity index (χ3n) is 5.22. The molecule has 35 heavy (non-hydrogen) atoms. The number of methoxy groups -OCH3 is 2. The van der Waals surface area contributed by atoms with Gasteiger partial charge in [-0.3, -0.25) is 4.79 Å². The number of para-hydroxylation sites is 1. The van der Waals surface area contributed by atoms with E-state index in [1.807, 2.05) is 36.4 Å². The Labute approximate surface area is 209 Å². The third-order valence-corrected chi connectivity index (χ3v) is 5.90. The summed E-state index contributed by atoms with van der Waals surface area (Å²) in [5.74, 6) is 0.646. The largest absolute Gasteiger partial charge is 0.493 e. The number of fused-ring (bicyclic) bond motifs is 1. The highest BCUT2D eigenvalue weighted by molar-refractivity contribution is 9.10. The van der Waals surface area contributed by atoms with E-state index in [1.54, 1.807) is 37.3 Å². The molecule has 0 aliphatic carbocycles. The second-order valence-corrected chi connectivity index (χ2v) is 8.34. The Kier molecular flexibility index (Phi) is 7.26. The van der Waals surface area contributed by atoms with Crippen molar-refractivity contribution >= 4 is 39.0 Å². The van der Waals surface area contributed by atoms with Crippen LogP contribution in [-0.2, 0) is 9.53 Å². The lowest BCUT2D eigenvalue weighted by Crippen LogP contribution is -2.25. The van der Waals surface area contributed by atoms with Gasteiger partial charge in [-0.25, -0.2) is 9.78 Å². The molecule has 8 nitrogen and oxygen atoms in total. The van der Waals surface area contributed by atoms with Crippen molar-refractivity contribution in [2.75, 3.05) is 14.2 Å². The molecule has 0 unspecified atom stereocenters. The maximum atomic E-state index is 13.3. The summed E-state index contributed by atoms with van der Waals surface area (Å²) in [6.45, 7) is 1.58. The molecule has 4 aromatic rings. The van der Waals surface area contributed by atoms with Gasteiger partial charge in [0.2, 0.25) is 0 Å². The van der Waals surface area contributed by atoms with Gasteiger partial charge in [-0.05, 0) is 47.1 Å². The lowest BCUT2D eigenvalue weighted by Gasteiger charge is -2.16. The predicted molar refractivity (Wildman–Crippen MR) is 137 cm³/mol. The number of halogens is 1. The number of ether oxygens (including phenoxy) is 3. The van der Waals surface area contributed by atoms with Crippen molar-refractivity contribution in [3.8, 4) is 22.9 Å². The van der Waals surface area contributed by atoms with Gasteiger partial charge in [0.05, 0.1) is 31.3 Å². The van der Waals surface area contributed by atoms with Crippen LogP contribution in [0.4, 0.5) is 0 Å². The number of aromatic nitrogens is 2. The highest BCUT2D eigenvalue weighted by Crippen LogP contribution is 2.34. The zero-order valence-electron chi connectivity index (χ0n) is 19.3. The van der Waals surface area contributed by atoms with E-state index in [4.69, 9.17) is 19.2 Å². The second kappa shape index (κ2) is 10.5. The first-order chi connectivity index (χ1) is 16.9. The smallest absolute Gasteiger partial charge is 0.346 e. The molecule has 9 heteroatoms. The molecule has 0 aliphatic rings. The van der Waals surface area contributed by atoms with Gasteiger partial charge >= 0.3 is 5.97 Å². The van der Waals surface area contributed by atoms with Crippen LogP contribution in [0, 0.1) is 0 Å². The van der Waals surface area contributed by atoms with Crippen molar-refractivity contribution in [1.29, 1.82) is 0 Å². The molecule has 0 amide bonds. The lowest BCUT2D eigenvalue weighted by atomic mass is 10.2. The van der Waals surface area contributed by atoms with Crippen molar-refractivity contribution in [3.05, 3.63) is 87.1 Å². The summed E-state index contributed by atoms with van der Waals surface area (Å²) >= 11 is 3.50. The van der Waals surface area contributed by atoms with Crippen LogP contribution in [0.2, 0.25) is 0 Å². The van der Waals surface area contributed by atoms with Crippen LogP contribution in [0.5, 0.6) is 11.5 Å². The van der Waals surface area contributed by atoms with Gasteiger partial charge in [0, 0.05) is 15.6 Å². The standard InChI is InChI=1S/C26H22BrN3O5/c1-16(26(32)34-3)35-23-14-20(27)18(13-22(23)33-2)15-28-30-24(17-9-5-4-6-10-17)29-21-12-8-7-11-19(21)25(30)31/h4-16H,1-3H3/t16-/m1/s1. The summed E-state index contributed by atoms with van der Waals surface area (Å²) in [7, 11) is 2.79. The lowest BCUT2D eigenvalue weighted by molar-refractivity contribution is -0.147. The summed E-state index contributed by atoms with van der Waals surface area (Å²) in [5, 5.41) is 4.95. The molecule has 0 spiro atoms. The SMILES string of the molecule is COC(=O)[C@@H](C)Oc1cc(Br)c(C=Nn2c(-c3ccccc3)nc3ccccc3c2=O)cc1OC. The van der Waals surface area contributed by atoms with E-state index in [-0.39, 0.29) is 5.56 Å². The molecular formula is C26H22BrN3O5. The Morgan fingerprint density at radius 3 is 2.49 bits per heavy atom. The van der Waals surface area contributed by atoms with Crippen LogP contribution in [0.1, 0.15) is 12.5 Å². The molecule has 0 saturated heterocycles. The Bertz CT molecular complexity index is 1470. The number of carbonyl (C=O) groups excluding carboxylic acids is 1. The van der Waals surface area contributed by atoms with E-state index in [9.17, 15) is 9.59 Å². The van der Waals surface area contributed by atoms with Crippen molar-refractivity contribution in [3.63, 3.8) is 0 Å². The highest BCUT2D eigenvalue weighted by atomic mass is 79.9. The molecule has 1 heterocycles. The molecule has 0 bridgehead atoms. The summed E-state index contributed by atoms with van der Waals surface area (Å²) in [6.07, 6.45) is 0.709. The van der Waals surface area contributed by atoms with Crippen LogP contribution in [-0.4, -0.2) is 42.2 Å². The monoisotopic (exact) mass is 535 g/mol. The van der Waals surface area contributed by atoms with Gasteiger partial charge < -0.3 is 14.2 Å². The molecule has 1 aromatic heterocycles. The van der Waals surface area contributed by atoms with E-state index in [0.29, 0.717) is 38.3 Å². The maximum absolute atomic E-state index is 13.3. The fourth-order valence-electron chi connectivity index (χ4n) is 3.43. The Morgan fingerprint density at radius 1 is 1.06 bits per heavy atom. The number of hydrogen-bond acceptors (Lipinski definition) is 7. The second-order valence-electron chi connectivity index (χ2n) is 7.49. The normalized spacial score (nSPS) is 12.0. The van der Waals surface area contributed by atoms with Crippen molar-refractivity contribution in [2.45, 2.75) is 13.0 Å². The fraction of sp³-hybridized carbons (Fsp3) is 0.154. The number of nitrogens with zero attached hydrogens (tertiary/aromatic N) is 3. The molecule has 0 fully saturated rings. The van der Waals surface area contributed by atoms with Crippen LogP contribution in [0.25, 0.3) is 22.3 Å². The van der Waals surface area contributed by atoms with Crippen LogP contribution >= 0.6 is 15.9 Å². The molecule has 0 saturated carbocycles. The van der Waals surface area contributed by atoms with E-state index in [0.717, 1.165) is 5.56 Å². The minimum Gasteiger partial charge on any atom is -0.493 e. The Morgan fingerprint density at radius 2 is 1.77 bits per heavy atom. The van der Waals surface area contributed by atoms with Gasteiger partial charge in [-0.2, -0.15) is 9.78 Å². The van der Waals surface area contributed by atoms with Gasteiger partial charge in [-0.1, -0.05) is 42.5 Å². The first-order valence-corrected chi connectivity index (χ1v) is 11.5. The molecular weight excluding hydrogens is 514 g/mol. The average molecular weight is 536 g/mol. The van der Waals surface area contributed by atoms with E-state index >= 15 is 0 Å².